The molecule has 1 fully saturated rings. The van der Waals surface area contributed by atoms with Crippen molar-refractivity contribution in [3.8, 4) is 0 Å². The summed E-state index contributed by atoms with van der Waals surface area (Å²) in [5, 5.41) is -0.0960. The number of benzene rings is 1. The minimum atomic E-state index is -3.69. The van der Waals surface area contributed by atoms with E-state index in [1.807, 2.05) is 6.92 Å². The fourth-order valence-corrected chi connectivity index (χ4v) is 4.27. The van der Waals surface area contributed by atoms with Crippen LogP contribution in [0.1, 0.15) is 13.3 Å². The zero-order valence-corrected chi connectivity index (χ0v) is 13.4. The fourth-order valence-electron chi connectivity index (χ4n) is 2.17. The second kappa shape index (κ2) is 6.15. The van der Waals surface area contributed by atoms with E-state index in [9.17, 15) is 12.8 Å². The summed E-state index contributed by atoms with van der Waals surface area (Å²) in [6, 6.07) is 3.30. The zero-order valence-electron chi connectivity index (χ0n) is 11.0. The molecule has 1 atom stereocenters. The van der Waals surface area contributed by atoms with Crippen LogP contribution < -0.4 is 5.73 Å². The molecule has 0 bridgehead atoms. The predicted octanol–water partition coefficient (Wildman–Crippen LogP) is 2.26. The molecule has 1 aromatic carbocycles. The van der Waals surface area contributed by atoms with Crippen LogP contribution in [0.3, 0.4) is 0 Å². The van der Waals surface area contributed by atoms with Gasteiger partial charge >= 0.3 is 0 Å². The highest BCUT2D eigenvalue weighted by atomic mass is 35.5. The average Bonchev–Trinajstić information content (AvgIpc) is 2.73. The van der Waals surface area contributed by atoms with Crippen molar-refractivity contribution in [1.29, 1.82) is 0 Å². The molecule has 8 heteroatoms. The van der Waals surface area contributed by atoms with Gasteiger partial charge in [0.1, 0.15) is 10.7 Å². The molecule has 0 aromatic heterocycles. The third kappa shape index (κ3) is 3.26. The molecule has 0 saturated carbocycles. The first-order valence-electron chi connectivity index (χ1n) is 5.94. The van der Waals surface area contributed by atoms with E-state index in [2.05, 4.69) is 0 Å². The molecule has 4 nitrogen and oxygen atoms in total. The van der Waals surface area contributed by atoms with Gasteiger partial charge in [0.2, 0.25) is 10.0 Å². The monoisotopic (exact) mass is 342 g/mol. The van der Waals surface area contributed by atoms with Crippen LogP contribution in [0, 0.1) is 11.2 Å². The molecule has 1 aliphatic rings. The summed E-state index contributed by atoms with van der Waals surface area (Å²) in [6.07, 6.45) is 0.710. The minimum Gasteiger partial charge on any atom is -0.330 e. The van der Waals surface area contributed by atoms with Gasteiger partial charge in [0.25, 0.3) is 0 Å². The Morgan fingerprint density at radius 1 is 1.50 bits per heavy atom. The van der Waals surface area contributed by atoms with E-state index < -0.39 is 15.8 Å². The van der Waals surface area contributed by atoms with Crippen molar-refractivity contribution in [3.63, 3.8) is 0 Å². The number of nitrogens with zero attached hydrogens (tertiary/aromatic N) is 1. The lowest BCUT2D eigenvalue weighted by Crippen LogP contribution is -2.34. The molecule has 1 unspecified atom stereocenters. The van der Waals surface area contributed by atoms with Crippen molar-refractivity contribution in [2.24, 2.45) is 11.1 Å². The molecular formula is C12H17Cl2FN2O2S. The molecule has 1 aliphatic heterocycles. The van der Waals surface area contributed by atoms with Crippen molar-refractivity contribution in [1.82, 2.24) is 4.31 Å². The van der Waals surface area contributed by atoms with E-state index in [0.29, 0.717) is 26.1 Å². The van der Waals surface area contributed by atoms with Crippen LogP contribution >= 0.6 is 24.0 Å². The Morgan fingerprint density at radius 2 is 2.15 bits per heavy atom. The molecule has 0 aliphatic carbocycles. The Labute approximate surface area is 129 Å². The van der Waals surface area contributed by atoms with Crippen LogP contribution in [0.5, 0.6) is 0 Å². The van der Waals surface area contributed by atoms with Crippen LogP contribution in [0.25, 0.3) is 0 Å². The first kappa shape index (κ1) is 17.7. The summed E-state index contributed by atoms with van der Waals surface area (Å²) in [6.45, 7) is 3.15. The standard InChI is InChI=1S/C12H16ClFN2O2S.ClH/c1-12(7-15)4-5-16(8-12)19(17,18)11-3-2-9(14)6-10(11)13;/h2-3,6H,4-5,7-8,15H2,1H3;1H. The van der Waals surface area contributed by atoms with E-state index in [4.69, 9.17) is 17.3 Å². The molecule has 1 aromatic rings. The van der Waals surface area contributed by atoms with Crippen molar-refractivity contribution in [3.05, 3.63) is 29.0 Å². The van der Waals surface area contributed by atoms with Gasteiger partial charge in [-0.25, -0.2) is 12.8 Å². The summed E-state index contributed by atoms with van der Waals surface area (Å²) in [7, 11) is -3.69. The maximum absolute atomic E-state index is 13.0. The van der Waals surface area contributed by atoms with Gasteiger partial charge in [0.05, 0.1) is 5.02 Å². The molecule has 0 amide bonds. The number of hydrogen-bond donors (Lipinski definition) is 1. The maximum atomic E-state index is 13.0. The highest BCUT2D eigenvalue weighted by Crippen LogP contribution is 2.34. The lowest BCUT2D eigenvalue weighted by atomic mass is 9.90. The molecular weight excluding hydrogens is 326 g/mol. The average molecular weight is 343 g/mol. The van der Waals surface area contributed by atoms with E-state index in [1.54, 1.807) is 0 Å². The summed E-state index contributed by atoms with van der Waals surface area (Å²) < 4.78 is 39.2. The van der Waals surface area contributed by atoms with Gasteiger partial charge in [-0.15, -0.1) is 12.4 Å². The highest BCUT2D eigenvalue weighted by Gasteiger charge is 2.39. The number of nitrogens with two attached hydrogens (primary N) is 1. The SMILES string of the molecule is CC1(CN)CCN(S(=O)(=O)c2ccc(F)cc2Cl)C1.Cl. The lowest BCUT2D eigenvalue weighted by molar-refractivity contribution is 0.349. The van der Waals surface area contributed by atoms with Gasteiger partial charge in [0, 0.05) is 13.1 Å². The molecule has 0 spiro atoms. The van der Waals surface area contributed by atoms with Crippen molar-refractivity contribution < 1.29 is 12.8 Å². The Balaban J connectivity index is 0.00000200. The van der Waals surface area contributed by atoms with Gasteiger partial charge in [-0.3, -0.25) is 0 Å². The molecule has 1 saturated heterocycles. The largest absolute Gasteiger partial charge is 0.330 e. The van der Waals surface area contributed by atoms with E-state index in [1.165, 1.54) is 10.4 Å². The smallest absolute Gasteiger partial charge is 0.244 e. The van der Waals surface area contributed by atoms with Gasteiger partial charge in [0.15, 0.2) is 0 Å². The number of halogens is 3. The van der Waals surface area contributed by atoms with E-state index in [-0.39, 0.29) is 27.7 Å². The Kier molecular flexibility index (Phi) is 5.43. The van der Waals surface area contributed by atoms with Gasteiger partial charge in [-0.05, 0) is 36.6 Å². The number of sulfonamides is 1. The van der Waals surface area contributed by atoms with Crippen LogP contribution in [-0.4, -0.2) is 32.4 Å². The van der Waals surface area contributed by atoms with Gasteiger partial charge in [-0.1, -0.05) is 18.5 Å². The Hall–Kier alpha value is -0.400. The second-order valence-electron chi connectivity index (χ2n) is 5.18. The summed E-state index contributed by atoms with van der Waals surface area (Å²) in [5.74, 6) is -0.558. The molecule has 20 heavy (non-hydrogen) atoms. The summed E-state index contributed by atoms with van der Waals surface area (Å²) in [5.41, 5.74) is 5.46. The summed E-state index contributed by atoms with van der Waals surface area (Å²) >= 11 is 5.83. The fraction of sp³-hybridized carbons (Fsp3) is 0.500. The maximum Gasteiger partial charge on any atom is 0.244 e. The number of hydrogen-bond acceptors (Lipinski definition) is 3. The first-order valence-corrected chi connectivity index (χ1v) is 7.76. The third-order valence-corrected chi connectivity index (χ3v) is 5.86. The van der Waals surface area contributed by atoms with Crippen molar-refractivity contribution >= 4 is 34.0 Å². The van der Waals surface area contributed by atoms with Crippen molar-refractivity contribution in [2.45, 2.75) is 18.2 Å². The molecule has 0 radical (unpaired) electrons. The van der Waals surface area contributed by atoms with Crippen LogP contribution in [0.15, 0.2) is 23.1 Å². The normalized spacial score (nSPS) is 23.6. The zero-order chi connectivity index (χ0) is 14.3. The van der Waals surface area contributed by atoms with E-state index >= 15 is 0 Å². The van der Waals surface area contributed by atoms with Crippen LogP contribution in [0.4, 0.5) is 4.39 Å². The topological polar surface area (TPSA) is 63.4 Å². The van der Waals surface area contributed by atoms with Gasteiger partial charge in [-0.2, -0.15) is 4.31 Å². The predicted molar refractivity (Wildman–Crippen MR) is 79.2 cm³/mol. The van der Waals surface area contributed by atoms with Crippen LogP contribution in [0.2, 0.25) is 5.02 Å². The van der Waals surface area contributed by atoms with Gasteiger partial charge < -0.3 is 5.73 Å². The highest BCUT2D eigenvalue weighted by molar-refractivity contribution is 7.89. The van der Waals surface area contributed by atoms with Crippen LogP contribution in [-0.2, 0) is 10.0 Å². The second-order valence-corrected chi connectivity index (χ2v) is 7.49. The summed E-state index contributed by atoms with van der Waals surface area (Å²) in [4.78, 5) is -0.0585. The molecule has 114 valence electrons. The minimum absolute atomic E-state index is 0. The van der Waals surface area contributed by atoms with E-state index in [0.717, 1.165) is 12.1 Å². The lowest BCUT2D eigenvalue weighted by Gasteiger charge is -2.22. The molecule has 2 N–H and O–H groups in total. The molecule has 1 heterocycles. The first-order chi connectivity index (χ1) is 8.78. The Bertz CT molecular complexity index is 597. The quantitative estimate of drug-likeness (QED) is 0.916. The number of rotatable bonds is 3. The van der Waals surface area contributed by atoms with Crippen molar-refractivity contribution in [2.75, 3.05) is 19.6 Å². The molecule has 2 rings (SSSR count). The Morgan fingerprint density at radius 3 is 2.65 bits per heavy atom. The third-order valence-electron chi connectivity index (χ3n) is 3.53.